The highest BCUT2D eigenvalue weighted by molar-refractivity contribution is 5.86. The Morgan fingerprint density at radius 3 is 2.93 bits per heavy atom. The van der Waals surface area contributed by atoms with E-state index >= 15 is 0 Å². The average Bonchev–Trinajstić information content (AvgIpc) is 2.62. The van der Waals surface area contributed by atoms with E-state index in [-0.39, 0.29) is 18.1 Å². The number of aromatic carboxylic acids is 1. The lowest BCUT2D eigenvalue weighted by molar-refractivity contribution is -0.121. The van der Waals surface area contributed by atoms with Gasteiger partial charge in [0.15, 0.2) is 0 Å². The van der Waals surface area contributed by atoms with Gasteiger partial charge < -0.3 is 15.0 Å². The van der Waals surface area contributed by atoms with Crippen molar-refractivity contribution >= 4 is 11.9 Å². The van der Waals surface area contributed by atoms with Crippen LogP contribution in [0, 0.1) is 0 Å². The molecule has 0 spiro atoms. The van der Waals surface area contributed by atoms with Crippen molar-refractivity contribution in [3.8, 4) is 0 Å². The van der Waals surface area contributed by atoms with Crippen LogP contribution in [-0.2, 0) is 11.3 Å². The third-order valence-corrected chi connectivity index (χ3v) is 1.81. The van der Waals surface area contributed by atoms with Crippen LogP contribution in [0.25, 0.3) is 0 Å². The second-order valence-electron chi connectivity index (χ2n) is 2.92. The van der Waals surface area contributed by atoms with Gasteiger partial charge in [-0.1, -0.05) is 6.08 Å². The van der Waals surface area contributed by atoms with Gasteiger partial charge in [-0.3, -0.25) is 4.79 Å². The third kappa shape index (κ3) is 2.98. The number of rotatable bonds is 5. The van der Waals surface area contributed by atoms with Crippen molar-refractivity contribution in [2.45, 2.75) is 6.54 Å². The number of amides is 1. The highest BCUT2D eigenvalue weighted by Gasteiger charge is 2.10. The number of hydrogen-bond donors (Lipinski definition) is 2. The van der Waals surface area contributed by atoms with E-state index in [9.17, 15) is 9.59 Å². The lowest BCUT2D eigenvalue weighted by Crippen LogP contribution is -2.28. The summed E-state index contributed by atoms with van der Waals surface area (Å²) in [6.07, 6.45) is 3.11. The highest BCUT2D eigenvalue weighted by Crippen LogP contribution is 2.01. The number of nitrogens with one attached hydrogen (secondary N) is 1. The topological polar surface area (TPSA) is 71.3 Å². The minimum Gasteiger partial charge on any atom is -0.477 e. The SMILES string of the molecule is C=CCNC(=O)Cn1cccc1C(=O)O. The average molecular weight is 208 g/mol. The molecule has 5 heteroatoms. The molecule has 0 aromatic carbocycles. The second-order valence-corrected chi connectivity index (χ2v) is 2.92. The number of carboxylic acids is 1. The van der Waals surface area contributed by atoms with E-state index in [1.54, 1.807) is 18.3 Å². The molecule has 0 atom stereocenters. The minimum atomic E-state index is -1.04. The molecule has 1 amide bonds. The first-order chi connectivity index (χ1) is 7.15. The molecule has 0 bridgehead atoms. The van der Waals surface area contributed by atoms with Gasteiger partial charge >= 0.3 is 5.97 Å². The van der Waals surface area contributed by atoms with E-state index < -0.39 is 5.97 Å². The van der Waals surface area contributed by atoms with Gasteiger partial charge in [0.2, 0.25) is 5.91 Å². The first-order valence-electron chi connectivity index (χ1n) is 4.41. The zero-order valence-corrected chi connectivity index (χ0v) is 8.14. The molecule has 80 valence electrons. The zero-order valence-electron chi connectivity index (χ0n) is 8.14. The normalized spacial score (nSPS) is 9.60. The third-order valence-electron chi connectivity index (χ3n) is 1.81. The van der Waals surface area contributed by atoms with Crippen molar-refractivity contribution in [2.75, 3.05) is 6.54 Å². The molecule has 1 aromatic heterocycles. The molecule has 1 rings (SSSR count). The molecule has 0 aliphatic heterocycles. The van der Waals surface area contributed by atoms with Crippen molar-refractivity contribution in [3.63, 3.8) is 0 Å². The fraction of sp³-hybridized carbons (Fsp3) is 0.200. The van der Waals surface area contributed by atoms with Crippen LogP contribution in [0.1, 0.15) is 10.5 Å². The summed E-state index contributed by atoms with van der Waals surface area (Å²) in [5.41, 5.74) is 0.101. The standard InChI is InChI=1S/C10H12N2O3/c1-2-5-11-9(13)7-12-6-3-4-8(12)10(14)15/h2-4,6H,1,5,7H2,(H,11,13)(H,14,15). The van der Waals surface area contributed by atoms with Gasteiger partial charge in [0, 0.05) is 12.7 Å². The molecule has 0 unspecified atom stereocenters. The van der Waals surface area contributed by atoms with Crippen LogP contribution in [0.2, 0.25) is 0 Å². The maximum Gasteiger partial charge on any atom is 0.352 e. The molecule has 2 N–H and O–H groups in total. The van der Waals surface area contributed by atoms with E-state index in [0.717, 1.165) is 0 Å². The van der Waals surface area contributed by atoms with Crippen LogP contribution in [-0.4, -0.2) is 28.1 Å². The largest absolute Gasteiger partial charge is 0.477 e. The van der Waals surface area contributed by atoms with E-state index in [1.807, 2.05) is 0 Å². The summed E-state index contributed by atoms with van der Waals surface area (Å²) >= 11 is 0. The Kier molecular flexibility index (Phi) is 3.68. The Hall–Kier alpha value is -2.04. The molecule has 1 heterocycles. The summed E-state index contributed by atoms with van der Waals surface area (Å²) in [5, 5.41) is 11.3. The molecular weight excluding hydrogens is 196 g/mol. The molecule has 0 fully saturated rings. The first-order valence-corrected chi connectivity index (χ1v) is 4.41. The summed E-state index contributed by atoms with van der Waals surface area (Å²) in [4.78, 5) is 22.0. The van der Waals surface area contributed by atoms with Crippen LogP contribution in [0.3, 0.4) is 0 Å². The zero-order chi connectivity index (χ0) is 11.3. The van der Waals surface area contributed by atoms with Crippen molar-refractivity contribution < 1.29 is 14.7 Å². The predicted molar refractivity (Wildman–Crippen MR) is 54.6 cm³/mol. The maximum atomic E-state index is 11.3. The molecule has 0 aliphatic carbocycles. The van der Waals surface area contributed by atoms with E-state index in [2.05, 4.69) is 11.9 Å². The Morgan fingerprint density at radius 2 is 2.33 bits per heavy atom. The Morgan fingerprint density at radius 1 is 1.60 bits per heavy atom. The van der Waals surface area contributed by atoms with Crippen LogP contribution in [0.5, 0.6) is 0 Å². The van der Waals surface area contributed by atoms with Gasteiger partial charge in [0.25, 0.3) is 0 Å². The number of nitrogens with zero attached hydrogens (tertiary/aromatic N) is 1. The van der Waals surface area contributed by atoms with Crippen LogP contribution in [0.15, 0.2) is 31.0 Å². The van der Waals surface area contributed by atoms with Crippen molar-refractivity contribution in [3.05, 3.63) is 36.7 Å². The van der Waals surface area contributed by atoms with Crippen LogP contribution >= 0.6 is 0 Å². The van der Waals surface area contributed by atoms with Crippen LogP contribution in [0.4, 0.5) is 0 Å². The van der Waals surface area contributed by atoms with Gasteiger partial charge in [-0.15, -0.1) is 6.58 Å². The first kappa shape index (κ1) is 11.0. The summed E-state index contributed by atoms with van der Waals surface area (Å²) in [7, 11) is 0. The van der Waals surface area contributed by atoms with Crippen molar-refractivity contribution in [1.29, 1.82) is 0 Å². The fourth-order valence-corrected chi connectivity index (χ4v) is 1.14. The van der Waals surface area contributed by atoms with Crippen molar-refractivity contribution in [2.24, 2.45) is 0 Å². The van der Waals surface area contributed by atoms with Gasteiger partial charge in [-0.05, 0) is 12.1 Å². The predicted octanol–water partition coefficient (Wildman–Crippen LogP) is 0.488. The van der Waals surface area contributed by atoms with Gasteiger partial charge in [-0.2, -0.15) is 0 Å². The van der Waals surface area contributed by atoms with Gasteiger partial charge in [0.1, 0.15) is 12.2 Å². The van der Waals surface area contributed by atoms with E-state index in [0.29, 0.717) is 6.54 Å². The van der Waals surface area contributed by atoms with E-state index in [1.165, 1.54) is 10.6 Å². The molecule has 0 saturated heterocycles. The molecule has 5 nitrogen and oxygen atoms in total. The molecule has 15 heavy (non-hydrogen) atoms. The van der Waals surface area contributed by atoms with E-state index in [4.69, 9.17) is 5.11 Å². The summed E-state index contributed by atoms with van der Waals surface area (Å²) in [6.45, 7) is 3.84. The van der Waals surface area contributed by atoms with Gasteiger partial charge in [-0.25, -0.2) is 4.79 Å². The smallest absolute Gasteiger partial charge is 0.352 e. The number of carboxylic acid groups (broad SMARTS) is 1. The molecule has 0 saturated carbocycles. The van der Waals surface area contributed by atoms with Crippen LogP contribution < -0.4 is 5.32 Å². The fourth-order valence-electron chi connectivity index (χ4n) is 1.14. The number of carbonyl (C=O) groups is 2. The second kappa shape index (κ2) is 4.99. The van der Waals surface area contributed by atoms with Crippen molar-refractivity contribution in [1.82, 2.24) is 9.88 Å². The molecule has 0 aliphatic rings. The lowest BCUT2D eigenvalue weighted by Gasteiger charge is -2.05. The highest BCUT2D eigenvalue weighted by atomic mass is 16.4. The van der Waals surface area contributed by atoms with Gasteiger partial charge in [0.05, 0.1) is 0 Å². The minimum absolute atomic E-state index is 0.00245. The summed E-state index contributed by atoms with van der Waals surface area (Å²) in [5.74, 6) is -1.29. The molecular formula is C10H12N2O3. The maximum absolute atomic E-state index is 11.3. The lowest BCUT2D eigenvalue weighted by atomic mass is 10.4. The Labute approximate surface area is 87.0 Å². The summed E-state index contributed by atoms with van der Waals surface area (Å²) in [6, 6.07) is 3.04. The number of hydrogen-bond acceptors (Lipinski definition) is 2. The molecule has 0 radical (unpaired) electrons. The summed E-state index contributed by atoms with van der Waals surface area (Å²) < 4.78 is 1.38. The quantitative estimate of drug-likeness (QED) is 0.692. The Balaban J connectivity index is 2.64. The number of aromatic nitrogens is 1. The molecule has 1 aromatic rings. The monoisotopic (exact) mass is 208 g/mol. The Bertz CT molecular complexity index is 382. The number of carbonyl (C=O) groups excluding carboxylic acids is 1.